The second-order valence-electron chi connectivity index (χ2n) is 3.36. The number of hydrogen-bond donors (Lipinski definition) is 2. The minimum Gasteiger partial charge on any atom is -0.480 e. The summed E-state index contributed by atoms with van der Waals surface area (Å²) in [6.45, 7) is 0.160. The van der Waals surface area contributed by atoms with Crippen LogP contribution in [-0.2, 0) is 4.79 Å². The molecule has 0 aliphatic rings. The lowest BCUT2D eigenvalue weighted by atomic mass is 10.2. The van der Waals surface area contributed by atoms with Crippen LogP contribution in [0.5, 0.6) is 0 Å². The Bertz CT molecular complexity index is 316. The molecule has 82 valence electrons. The highest BCUT2D eigenvalue weighted by molar-refractivity contribution is 5.69. The first-order valence-corrected chi connectivity index (χ1v) is 4.59. The number of aliphatic hydroxyl groups is 1. The van der Waals surface area contributed by atoms with Crippen molar-refractivity contribution in [3.63, 3.8) is 0 Å². The lowest BCUT2D eigenvalue weighted by molar-refractivity contribution is -0.138. The first kappa shape index (κ1) is 11.6. The van der Waals surface area contributed by atoms with Gasteiger partial charge in [0.25, 0.3) is 0 Å². The fraction of sp³-hybridized carbons (Fsp3) is 0.400. The van der Waals surface area contributed by atoms with E-state index in [0.717, 1.165) is 0 Å². The van der Waals surface area contributed by atoms with Crippen molar-refractivity contribution in [2.45, 2.75) is 6.10 Å². The van der Waals surface area contributed by atoms with E-state index in [-0.39, 0.29) is 13.1 Å². The van der Waals surface area contributed by atoms with Gasteiger partial charge in [-0.25, -0.2) is 0 Å². The summed E-state index contributed by atoms with van der Waals surface area (Å²) in [5.74, 6) is -0.911. The van der Waals surface area contributed by atoms with Crippen LogP contribution in [0.3, 0.4) is 0 Å². The zero-order chi connectivity index (χ0) is 11.3. The Balaban J connectivity index is 2.49. The number of carboxylic acids is 1. The van der Waals surface area contributed by atoms with Crippen molar-refractivity contribution in [1.29, 1.82) is 0 Å². The molecule has 0 aliphatic carbocycles. The molecule has 1 atom stereocenters. The normalized spacial score (nSPS) is 12.7. The number of aromatic nitrogens is 1. The molecule has 2 N–H and O–H groups in total. The first-order valence-electron chi connectivity index (χ1n) is 4.59. The molecular formula is C10H14N2O3. The van der Waals surface area contributed by atoms with Crippen LogP contribution in [0.4, 0.5) is 0 Å². The highest BCUT2D eigenvalue weighted by atomic mass is 16.4. The van der Waals surface area contributed by atoms with E-state index in [9.17, 15) is 9.90 Å². The topological polar surface area (TPSA) is 73.7 Å². The van der Waals surface area contributed by atoms with E-state index in [1.807, 2.05) is 0 Å². The number of rotatable bonds is 5. The van der Waals surface area contributed by atoms with Gasteiger partial charge in [0.05, 0.1) is 12.2 Å². The van der Waals surface area contributed by atoms with Gasteiger partial charge >= 0.3 is 5.97 Å². The molecule has 0 aliphatic heterocycles. The van der Waals surface area contributed by atoms with E-state index in [0.29, 0.717) is 5.69 Å². The zero-order valence-corrected chi connectivity index (χ0v) is 8.50. The monoisotopic (exact) mass is 210 g/mol. The fourth-order valence-corrected chi connectivity index (χ4v) is 1.26. The molecule has 1 aromatic rings. The zero-order valence-electron chi connectivity index (χ0n) is 8.50. The summed E-state index contributed by atoms with van der Waals surface area (Å²) in [5.41, 5.74) is 0.551. The second-order valence-corrected chi connectivity index (χ2v) is 3.36. The molecule has 0 saturated carbocycles. The van der Waals surface area contributed by atoms with Crippen molar-refractivity contribution in [3.05, 3.63) is 30.1 Å². The molecule has 0 fully saturated rings. The fourth-order valence-electron chi connectivity index (χ4n) is 1.26. The Kier molecular flexibility index (Phi) is 4.20. The van der Waals surface area contributed by atoms with Gasteiger partial charge in [0.1, 0.15) is 6.10 Å². The lowest BCUT2D eigenvalue weighted by Gasteiger charge is -2.17. The molecule has 5 heteroatoms. The average Bonchev–Trinajstić information content (AvgIpc) is 2.17. The molecule has 1 aromatic heterocycles. The summed E-state index contributed by atoms with van der Waals surface area (Å²) < 4.78 is 0. The van der Waals surface area contributed by atoms with Gasteiger partial charge in [0.2, 0.25) is 0 Å². The highest BCUT2D eigenvalue weighted by Crippen LogP contribution is 2.09. The molecule has 0 bridgehead atoms. The Morgan fingerprint density at radius 1 is 1.60 bits per heavy atom. The van der Waals surface area contributed by atoms with Gasteiger partial charge in [0, 0.05) is 12.7 Å². The summed E-state index contributed by atoms with van der Waals surface area (Å²) in [6.07, 6.45) is 0.839. The quantitative estimate of drug-likeness (QED) is 0.722. The average molecular weight is 210 g/mol. The van der Waals surface area contributed by atoms with E-state index in [2.05, 4.69) is 4.98 Å². The molecule has 15 heavy (non-hydrogen) atoms. The van der Waals surface area contributed by atoms with Crippen LogP contribution < -0.4 is 0 Å². The van der Waals surface area contributed by atoms with Crippen LogP contribution in [0.25, 0.3) is 0 Å². The lowest BCUT2D eigenvalue weighted by Crippen LogP contribution is -2.30. The van der Waals surface area contributed by atoms with Crippen LogP contribution >= 0.6 is 0 Å². The van der Waals surface area contributed by atoms with Crippen molar-refractivity contribution in [2.75, 3.05) is 20.1 Å². The number of nitrogens with zero attached hydrogens (tertiary/aromatic N) is 2. The van der Waals surface area contributed by atoms with E-state index < -0.39 is 12.1 Å². The van der Waals surface area contributed by atoms with Gasteiger partial charge in [-0.15, -0.1) is 0 Å². The van der Waals surface area contributed by atoms with E-state index >= 15 is 0 Å². The number of pyridine rings is 1. The Labute approximate surface area is 88.0 Å². The van der Waals surface area contributed by atoms with Gasteiger partial charge in [-0.2, -0.15) is 0 Å². The van der Waals surface area contributed by atoms with Crippen LogP contribution in [0.1, 0.15) is 11.8 Å². The van der Waals surface area contributed by atoms with Crippen molar-refractivity contribution >= 4 is 5.97 Å². The molecule has 1 heterocycles. The molecule has 1 rings (SSSR count). The van der Waals surface area contributed by atoms with Crippen molar-refractivity contribution in [3.8, 4) is 0 Å². The maximum absolute atomic E-state index is 10.4. The third-order valence-corrected chi connectivity index (χ3v) is 1.92. The number of carbonyl (C=O) groups is 1. The van der Waals surface area contributed by atoms with Gasteiger partial charge in [-0.1, -0.05) is 6.07 Å². The van der Waals surface area contributed by atoms with Gasteiger partial charge in [0.15, 0.2) is 0 Å². The minimum absolute atomic E-state index is 0.0934. The number of hydrogen-bond acceptors (Lipinski definition) is 4. The number of likely N-dealkylation sites (N-methyl/N-ethyl adjacent to an activating group) is 1. The second kappa shape index (κ2) is 5.43. The van der Waals surface area contributed by atoms with Crippen molar-refractivity contribution < 1.29 is 15.0 Å². The molecule has 0 spiro atoms. The third kappa shape index (κ3) is 4.05. The van der Waals surface area contributed by atoms with Gasteiger partial charge in [-0.05, 0) is 19.2 Å². The molecule has 5 nitrogen and oxygen atoms in total. The summed E-state index contributed by atoms with van der Waals surface area (Å²) in [7, 11) is 1.64. The number of aliphatic hydroxyl groups excluding tert-OH is 1. The molecule has 0 radical (unpaired) electrons. The van der Waals surface area contributed by atoms with Crippen LogP contribution in [0, 0.1) is 0 Å². The predicted octanol–water partition coefficient (Wildman–Crippen LogP) is 0.131. The summed E-state index contributed by atoms with van der Waals surface area (Å²) in [4.78, 5) is 15.9. The van der Waals surface area contributed by atoms with Crippen molar-refractivity contribution in [1.82, 2.24) is 9.88 Å². The highest BCUT2D eigenvalue weighted by Gasteiger charge is 2.13. The smallest absolute Gasteiger partial charge is 0.317 e. The Hall–Kier alpha value is -1.46. The molecule has 0 amide bonds. The Morgan fingerprint density at radius 3 is 2.87 bits per heavy atom. The SMILES string of the molecule is CN(CC(=O)O)CC(O)c1ccccn1. The van der Waals surface area contributed by atoms with Gasteiger partial charge in [-0.3, -0.25) is 14.7 Å². The predicted molar refractivity (Wildman–Crippen MR) is 54.3 cm³/mol. The summed E-state index contributed by atoms with van der Waals surface area (Å²) in [5, 5.41) is 18.2. The summed E-state index contributed by atoms with van der Waals surface area (Å²) >= 11 is 0. The third-order valence-electron chi connectivity index (χ3n) is 1.92. The van der Waals surface area contributed by atoms with E-state index in [4.69, 9.17) is 5.11 Å². The van der Waals surface area contributed by atoms with Gasteiger partial charge < -0.3 is 10.2 Å². The van der Waals surface area contributed by atoms with E-state index in [1.165, 1.54) is 4.90 Å². The molecular weight excluding hydrogens is 196 g/mol. The summed E-state index contributed by atoms with van der Waals surface area (Å²) in [6, 6.07) is 5.25. The largest absolute Gasteiger partial charge is 0.480 e. The first-order chi connectivity index (χ1) is 7.09. The van der Waals surface area contributed by atoms with Crippen LogP contribution in [0.15, 0.2) is 24.4 Å². The molecule has 0 aromatic carbocycles. The molecule has 1 unspecified atom stereocenters. The number of aliphatic carboxylic acids is 1. The maximum Gasteiger partial charge on any atom is 0.317 e. The van der Waals surface area contributed by atoms with Crippen molar-refractivity contribution in [2.24, 2.45) is 0 Å². The Morgan fingerprint density at radius 2 is 2.33 bits per heavy atom. The molecule has 0 saturated heterocycles. The minimum atomic E-state index is -0.911. The standard InChI is InChI=1S/C10H14N2O3/c1-12(7-10(14)15)6-9(13)8-4-2-3-5-11-8/h2-5,9,13H,6-7H2,1H3,(H,14,15). The van der Waals surface area contributed by atoms with E-state index in [1.54, 1.807) is 31.4 Å². The van der Waals surface area contributed by atoms with Crippen LogP contribution in [-0.4, -0.2) is 46.2 Å². The maximum atomic E-state index is 10.4. The van der Waals surface area contributed by atoms with Crippen LogP contribution in [0.2, 0.25) is 0 Å². The number of carboxylic acid groups (broad SMARTS) is 1.